The highest BCUT2D eigenvalue weighted by Crippen LogP contribution is 2.40. The summed E-state index contributed by atoms with van der Waals surface area (Å²) in [5.74, 6) is -1.20. The molecule has 4 rings (SSSR count). The molecule has 2 aromatic carbocycles. The van der Waals surface area contributed by atoms with Gasteiger partial charge < -0.3 is 19.5 Å². The Kier molecular flexibility index (Phi) is 7.66. The number of nitro groups is 1. The van der Waals surface area contributed by atoms with Crippen molar-refractivity contribution in [3.63, 3.8) is 0 Å². The number of amides is 1. The third-order valence-corrected chi connectivity index (χ3v) is 6.22. The second kappa shape index (κ2) is 10.9. The van der Waals surface area contributed by atoms with Gasteiger partial charge in [-0.1, -0.05) is 0 Å². The molecule has 36 heavy (non-hydrogen) atoms. The third kappa shape index (κ3) is 5.39. The van der Waals surface area contributed by atoms with Crippen LogP contribution in [0.2, 0.25) is 0 Å². The van der Waals surface area contributed by atoms with Crippen molar-refractivity contribution < 1.29 is 29.1 Å². The number of nitrogens with zero attached hydrogens (tertiary/aromatic N) is 3. The summed E-state index contributed by atoms with van der Waals surface area (Å²) in [4.78, 5) is 40.5. The second-order valence-corrected chi connectivity index (χ2v) is 8.99. The summed E-state index contributed by atoms with van der Waals surface area (Å²) in [6, 6.07) is 11.4. The third-order valence-electron chi connectivity index (χ3n) is 6.22. The number of morpholine rings is 1. The largest absolute Gasteiger partial charge is 0.507 e. The zero-order valence-electron chi connectivity index (χ0n) is 20.3. The lowest BCUT2D eigenvalue weighted by atomic mass is 9.95. The number of aliphatic hydroxyl groups is 1. The van der Waals surface area contributed by atoms with Gasteiger partial charge in [0.2, 0.25) is 0 Å². The lowest BCUT2D eigenvalue weighted by Gasteiger charge is -2.31. The van der Waals surface area contributed by atoms with Crippen molar-refractivity contribution in [2.45, 2.75) is 26.0 Å². The molecule has 2 aliphatic heterocycles. The number of ether oxygens (including phenoxy) is 2. The summed E-state index contributed by atoms with van der Waals surface area (Å²) in [5.41, 5.74) is 0.713. The minimum Gasteiger partial charge on any atom is -0.507 e. The van der Waals surface area contributed by atoms with Gasteiger partial charge in [0.1, 0.15) is 11.5 Å². The maximum Gasteiger partial charge on any atom is 0.295 e. The maximum atomic E-state index is 13.2. The fraction of sp³-hybridized carbons (Fsp3) is 0.385. The zero-order chi connectivity index (χ0) is 25.8. The van der Waals surface area contributed by atoms with Gasteiger partial charge in [0.05, 0.1) is 35.9 Å². The molecule has 1 N–H and O–H groups in total. The first kappa shape index (κ1) is 25.3. The Morgan fingerprint density at radius 1 is 1.08 bits per heavy atom. The van der Waals surface area contributed by atoms with E-state index in [9.17, 15) is 24.8 Å². The van der Waals surface area contributed by atoms with E-state index in [-0.39, 0.29) is 29.7 Å². The molecule has 2 aliphatic rings. The van der Waals surface area contributed by atoms with Crippen LogP contribution < -0.4 is 4.74 Å². The van der Waals surface area contributed by atoms with Crippen molar-refractivity contribution in [3.05, 3.63) is 75.3 Å². The molecular weight excluding hydrogens is 466 g/mol. The molecule has 1 amide bonds. The average Bonchev–Trinajstić information content (AvgIpc) is 3.12. The van der Waals surface area contributed by atoms with Crippen molar-refractivity contribution in [3.8, 4) is 5.75 Å². The summed E-state index contributed by atoms with van der Waals surface area (Å²) in [5, 5.41) is 22.3. The molecule has 190 valence electrons. The minimum atomic E-state index is -0.876. The van der Waals surface area contributed by atoms with Crippen molar-refractivity contribution >= 4 is 23.1 Å². The lowest BCUT2D eigenvalue weighted by Crippen LogP contribution is -2.42. The van der Waals surface area contributed by atoms with Crippen LogP contribution in [0.3, 0.4) is 0 Å². The summed E-state index contributed by atoms with van der Waals surface area (Å²) in [6.07, 6.45) is -0.0247. The van der Waals surface area contributed by atoms with Gasteiger partial charge in [0, 0.05) is 43.9 Å². The molecule has 1 atom stereocenters. The monoisotopic (exact) mass is 495 g/mol. The summed E-state index contributed by atoms with van der Waals surface area (Å²) < 4.78 is 11.0. The van der Waals surface area contributed by atoms with E-state index in [1.54, 1.807) is 24.3 Å². The summed E-state index contributed by atoms with van der Waals surface area (Å²) in [7, 11) is 0. The smallest absolute Gasteiger partial charge is 0.295 e. The van der Waals surface area contributed by atoms with Crippen LogP contribution in [0.1, 0.15) is 31.0 Å². The normalized spacial score (nSPS) is 20.2. The fourth-order valence-electron chi connectivity index (χ4n) is 4.43. The van der Waals surface area contributed by atoms with E-state index >= 15 is 0 Å². The van der Waals surface area contributed by atoms with Gasteiger partial charge in [-0.3, -0.25) is 24.6 Å². The van der Waals surface area contributed by atoms with Crippen LogP contribution in [-0.4, -0.2) is 77.0 Å². The molecule has 0 aliphatic carbocycles. The number of non-ortho nitro benzene ring substituents is 1. The first-order chi connectivity index (χ1) is 17.3. The number of hydrogen-bond acceptors (Lipinski definition) is 8. The van der Waals surface area contributed by atoms with Crippen LogP contribution in [0.5, 0.6) is 5.75 Å². The topological polar surface area (TPSA) is 122 Å². The molecule has 0 bridgehead atoms. The highest BCUT2D eigenvalue weighted by molar-refractivity contribution is 6.46. The molecule has 0 radical (unpaired) electrons. The van der Waals surface area contributed by atoms with Gasteiger partial charge in [0.25, 0.3) is 17.4 Å². The molecule has 2 fully saturated rings. The van der Waals surface area contributed by atoms with E-state index in [1.165, 1.54) is 29.2 Å². The van der Waals surface area contributed by atoms with Crippen LogP contribution >= 0.6 is 0 Å². The lowest BCUT2D eigenvalue weighted by molar-refractivity contribution is -0.384. The molecule has 2 aromatic rings. The molecule has 0 aromatic heterocycles. The van der Waals surface area contributed by atoms with E-state index in [4.69, 9.17) is 9.47 Å². The molecular formula is C26H29N3O7. The van der Waals surface area contributed by atoms with Crippen LogP contribution in [0, 0.1) is 10.1 Å². The minimum absolute atomic E-state index is 0.0247. The molecule has 0 spiro atoms. The van der Waals surface area contributed by atoms with Gasteiger partial charge in [-0.15, -0.1) is 0 Å². The number of carbonyl (C=O) groups excluding carboxylic acids is 2. The number of benzene rings is 2. The quantitative estimate of drug-likeness (QED) is 0.195. The van der Waals surface area contributed by atoms with Crippen LogP contribution in [0.25, 0.3) is 5.76 Å². The van der Waals surface area contributed by atoms with Crippen molar-refractivity contribution in [1.82, 2.24) is 9.80 Å². The van der Waals surface area contributed by atoms with Gasteiger partial charge >= 0.3 is 0 Å². The Balaban J connectivity index is 1.71. The summed E-state index contributed by atoms with van der Waals surface area (Å²) in [6.45, 7) is 7.22. The Bertz CT molecular complexity index is 1150. The Labute approximate surface area is 208 Å². The van der Waals surface area contributed by atoms with E-state index in [0.29, 0.717) is 36.6 Å². The summed E-state index contributed by atoms with van der Waals surface area (Å²) >= 11 is 0. The number of Topliss-reactive ketones (excluding diaryl/α,β-unsaturated/α-hetero) is 1. The van der Waals surface area contributed by atoms with Gasteiger partial charge in [-0.25, -0.2) is 0 Å². The number of ketones is 1. The number of carbonyl (C=O) groups is 2. The standard InChI is InChI=1S/C26H29N3O7/c1-17(2)36-21-9-5-19(6-10-21)24(30)22-23(18-3-7-20(8-4-18)29(33)34)28(26(32)25(22)31)12-11-27-13-15-35-16-14-27/h3-10,17,23,30H,11-16H2,1-2H3/b24-22+/t23-/m1/s1. The van der Waals surface area contributed by atoms with E-state index < -0.39 is 22.7 Å². The van der Waals surface area contributed by atoms with Gasteiger partial charge in [-0.2, -0.15) is 0 Å². The molecule has 2 heterocycles. The van der Waals surface area contributed by atoms with Crippen molar-refractivity contribution in [2.75, 3.05) is 39.4 Å². The SMILES string of the molecule is CC(C)Oc1ccc(/C(O)=C2\C(=O)C(=O)N(CCN3CCOCC3)[C@@H]2c2ccc([N+](=O)[O-])cc2)cc1. The van der Waals surface area contributed by atoms with Crippen LogP contribution in [0.15, 0.2) is 54.1 Å². The average molecular weight is 496 g/mol. The van der Waals surface area contributed by atoms with E-state index in [0.717, 1.165) is 13.1 Å². The first-order valence-corrected chi connectivity index (χ1v) is 11.9. The fourth-order valence-corrected chi connectivity index (χ4v) is 4.43. The predicted molar refractivity (Wildman–Crippen MR) is 132 cm³/mol. The second-order valence-electron chi connectivity index (χ2n) is 8.99. The molecule has 10 nitrogen and oxygen atoms in total. The highest BCUT2D eigenvalue weighted by Gasteiger charge is 2.46. The Morgan fingerprint density at radius 3 is 2.31 bits per heavy atom. The molecule has 0 saturated carbocycles. The molecule has 2 saturated heterocycles. The first-order valence-electron chi connectivity index (χ1n) is 11.9. The highest BCUT2D eigenvalue weighted by atomic mass is 16.6. The molecule has 10 heteroatoms. The van der Waals surface area contributed by atoms with Crippen LogP contribution in [-0.2, 0) is 14.3 Å². The Morgan fingerprint density at radius 2 is 1.72 bits per heavy atom. The van der Waals surface area contributed by atoms with Crippen molar-refractivity contribution in [1.29, 1.82) is 0 Å². The Hall–Kier alpha value is -3.76. The number of rotatable bonds is 8. The number of hydrogen-bond donors (Lipinski definition) is 1. The predicted octanol–water partition coefficient (Wildman–Crippen LogP) is 3.14. The van der Waals surface area contributed by atoms with Crippen molar-refractivity contribution in [2.24, 2.45) is 0 Å². The van der Waals surface area contributed by atoms with E-state index in [1.807, 2.05) is 13.8 Å². The zero-order valence-corrected chi connectivity index (χ0v) is 20.3. The molecule has 0 unspecified atom stereocenters. The number of likely N-dealkylation sites (tertiary alicyclic amines) is 1. The van der Waals surface area contributed by atoms with E-state index in [2.05, 4.69) is 4.90 Å². The van der Waals surface area contributed by atoms with Crippen LogP contribution in [0.4, 0.5) is 5.69 Å². The number of aliphatic hydroxyl groups excluding tert-OH is 1. The number of nitro benzene ring substituents is 1. The maximum absolute atomic E-state index is 13.2. The van der Waals surface area contributed by atoms with Gasteiger partial charge in [-0.05, 0) is 55.8 Å². The van der Waals surface area contributed by atoms with Gasteiger partial charge in [0.15, 0.2) is 0 Å².